The van der Waals surface area contributed by atoms with E-state index in [4.69, 9.17) is 0 Å². The highest BCUT2D eigenvalue weighted by Crippen LogP contribution is 2.32. The lowest BCUT2D eigenvalue weighted by molar-refractivity contribution is -0.137. The minimum Gasteiger partial charge on any atom is -0.435 e. The Kier molecular flexibility index (Phi) is 6.41. The molecular weight excluding hydrogens is 415 g/mol. The van der Waals surface area contributed by atoms with Crippen molar-refractivity contribution in [2.45, 2.75) is 19.2 Å². The highest BCUT2D eigenvalue weighted by Gasteiger charge is 2.31. The van der Waals surface area contributed by atoms with E-state index in [1.165, 1.54) is 53.1 Å². The van der Waals surface area contributed by atoms with Gasteiger partial charge >= 0.3 is 12.8 Å². The fraction of sp³-hybridized carbons (Fsp3) is 0.263. The molecule has 0 N–H and O–H groups in total. The number of amides is 1. The van der Waals surface area contributed by atoms with Gasteiger partial charge in [-0.2, -0.15) is 22.0 Å². The summed E-state index contributed by atoms with van der Waals surface area (Å²) in [6.45, 7) is -2.62. The Morgan fingerprint density at radius 2 is 1.86 bits per heavy atom. The van der Waals surface area contributed by atoms with Crippen molar-refractivity contribution in [1.29, 1.82) is 0 Å². The number of amidine groups is 1. The SMILES string of the molecule is O=C(c1ccc(OC(F)F)cc1)N1CCCSC1=Nc1cccc(C(F)(F)F)c1. The van der Waals surface area contributed by atoms with Crippen molar-refractivity contribution in [2.75, 3.05) is 12.3 Å². The van der Waals surface area contributed by atoms with Crippen LogP contribution in [0.5, 0.6) is 5.75 Å². The summed E-state index contributed by atoms with van der Waals surface area (Å²) in [6, 6.07) is 9.74. The quantitative estimate of drug-likeness (QED) is 0.596. The van der Waals surface area contributed by atoms with E-state index in [0.717, 1.165) is 12.1 Å². The zero-order chi connectivity index (χ0) is 21.0. The first-order valence-corrected chi connectivity index (χ1v) is 9.48. The van der Waals surface area contributed by atoms with E-state index in [9.17, 15) is 26.7 Å². The van der Waals surface area contributed by atoms with E-state index < -0.39 is 24.3 Å². The molecule has 1 amide bonds. The molecular formula is C19H15F5N2O2S. The minimum absolute atomic E-state index is 0.0811. The number of carbonyl (C=O) groups is 1. The average molecular weight is 430 g/mol. The molecule has 0 bridgehead atoms. The molecule has 0 atom stereocenters. The monoisotopic (exact) mass is 430 g/mol. The number of hydrogen-bond donors (Lipinski definition) is 0. The molecule has 1 aliphatic heterocycles. The van der Waals surface area contributed by atoms with E-state index in [0.29, 0.717) is 18.7 Å². The third-order valence-electron chi connectivity index (χ3n) is 3.96. The van der Waals surface area contributed by atoms with Gasteiger partial charge in [-0.15, -0.1) is 0 Å². The number of rotatable bonds is 4. The number of thioether (sulfide) groups is 1. The second kappa shape index (κ2) is 8.81. The number of aliphatic imine (C=N–C) groups is 1. The summed E-state index contributed by atoms with van der Waals surface area (Å²) in [7, 11) is 0. The van der Waals surface area contributed by atoms with Crippen molar-refractivity contribution in [3.63, 3.8) is 0 Å². The maximum absolute atomic E-state index is 12.9. The minimum atomic E-state index is -4.49. The Labute approximate surface area is 167 Å². The van der Waals surface area contributed by atoms with Crippen molar-refractivity contribution in [3.8, 4) is 5.75 Å². The van der Waals surface area contributed by atoms with Crippen LogP contribution in [-0.4, -0.2) is 34.9 Å². The summed E-state index contributed by atoms with van der Waals surface area (Å²) in [6.07, 6.45) is -3.81. The van der Waals surface area contributed by atoms with Crippen LogP contribution in [0.4, 0.5) is 27.6 Å². The van der Waals surface area contributed by atoms with Crippen LogP contribution in [-0.2, 0) is 6.18 Å². The summed E-state index contributed by atoms with van der Waals surface area (Å²) in [4.78, 5) is 18.4. The molecule has 154 valence electrons. The number of halogens is 5. The van der Waals surface area contributed by atoms with Gasteiger partial charge in [0.15, 0.2) is 5.17 Å². The summed E-state index contributed by atoms with van der Waals surface area (Å²) in [5, 5.41) is 0.286. The highest BCUT2D eigenvalue weighted by molar-refractivity contribution is 8.13. The van der Waals surface area contributed by atoms with Crippen LogP contribution in [0, 0.1) is 0 Å². The number of alkyl halides is 5. The van der Waals surface area contributed by atoms with Crippen LogP contribution in [0.2, 0.25) is 0 Å². The van der Waals surface area contributed by atoms with Gasteiger partial charge in [0, 0.05) is 17.9 Å². The number of benzene rings is 2. The maximum Gasteiger partial charge on any atom is 0.416 e. The maximum atomic E-state index is 12.9. The van der Waals surface area contributed by atoms with Gasteiger partial charge in [-0.3, -0.25) is 9.69 Å². The third kappa shape index (κ3) is 5.47. The molecule has 0 radical (unpaired) electrons. The van der Waals surface area contributed by atoms with Crippen molar-refractivity contribution >= 4 is 28.5 Å². The van der Waals surface area contributed by atoms with Gasteiger partial charge in [0.25, 0.3) is 5.91 Å². The first kappa shape index (κ1) is 21.1. The largest absolute Gasteiger partial charge is 0.435 e. The Bertz CT molecular complexity index is 900. The normalized spacial score (nSPS) is 16.3. The molecule has 0 aliphatic carbocycles. The highest BCUT2D eigenvalue weighted by atomic mass is 32.2. The lowest BCUT2D eigenvalue weighted by Crippen LogP contribution is -2.39. The molecule has 0 unspecified atom stereocenters. The zero-order valence-electron chi connectivity index (χ0n) is 14.8. The van der Waals surface area contributed by atoms with Crippen LogP contribution in [0.25, 0.3) is 0 Å². The fourth-order valence-corrected chi connectivity index (χ4v) is 3.59. The van der Waals surface area contributed by atoms with E-state index >= 15 is 0 Å². The predicted octanol–water partition coefficient (Wildman–Crippen LogP) is 5.57. The van der Waals surface area contributed by atoms with Gasteiger partial charge < -0.3 is 4.74 Å². The molecule has 1 fully saturated rings. The van der Waals surface area contributed by atoms with Crippen molar-refractivity contribution in [2.24, 2.45) is 4.99 Å². The van der Waals surface area contributed by atoms with Gasteiger partial charge in [-0.1, -0.05) is 17.8 Å². The average Bonchev–Trinajstić information content (AvgIpc) is 2.68. The molecule has 4 nitrogen and oxygen atoms in total. The van der Waals surface area contributed by atoms with Crippen molar-refractivity contribution in [3.05, 3.63) is 59.7 Å². The fourth-order valence-electron chi connectivity index (χ4n) is 2.64. The van der Waals surface area contributed by atoms with Crippen molar-refractivity contribution < 1.29 is 31.5 Å². The summed E-state index contributed by atoms with van der Waals surface area (Å²) < 4.78 is 67.5. The van der Waals surface area contributed by atoms with E-state index in [1.54, 1.807) is 0 Å². The Hall–Kier alpha value is -2.62. The summed E-state index contributed by atoms with van der Waals surface area (Å²) in [5.41, 5.74) is -0.513. The van der Waals surface area contributed by atoms with E-state index in [1.807, 2.05) is 0 Å². The molecule has 1 saturated heterocycles. The Morgan fingerprint density at radius 3 is 2.52 bits per heavy atom. The molecule has 10 heteroatoms. The van der Waals surface area contributed by atoms with Crippen LogP contribution in [0.1, 0.15) is 22.3 Å². The first-order valence-electron chi connectivity index (χ1n) is 8.49. The Balaban J connectivity index is 1.84. The lowest BCUT2D eigenvalue weighted by Gasteiger charge is -2.28. The van der Waals surface area contributed by atoms with Gasteiger partial charge in [0.2, 0.25) is 0 Å². The predicted molar refractivity (Wildman–Crippen MR) is 99.7 cm³/mol. The summed E-state index contributed by atoms with van der Waals surface area (Å²) in [5.74, 6) is 0.164. The van der Waals surface area contributed by atoms with Crippen LogP contribution >= 0.6 is 11.8 Å². The van der Waals surface area contributed by atoms with Gasteiger partial charge in [-0.25, -0.2) is 4.99 Å². The lowest BCUT2D eigenvalue weighted by atomic mass is 10.2. The topological polar surface area (TPSA) is 41.9 Å². The van der Waals surface area contributed by atoms with Crippen LogP contribution in [0.15, 0.2) is 53.5 Å². The van der Waals surface area contributed by atoms with Crippen LogP contribution < -0.4 is 4.74 Å². The molecule has 2 aromatic rings. The number of carbonyl (C=O) groups excluding carboxylic acids is 1. The third-order valence-corrected chi connectivity index (χ3v) is 5.02. The molecule has 0 spiro atoms. The number of ether oxygens (including phenoxy) is 1. The van der Waals surface area contributed by atoms with Crippen molar-refractivity contribution in [1.82, 2.24) is 4.90 Å². The smallest absolute Gasteiger partial charge is 0.416 e. The first-order chi connectivity index (χ1) is 13.7. The van der Waals surface area contributed by atoms with E-state index in [-0.39, 0.29) is 22.2 Å². The summed E-state index contributed by atoms with van der Waals surface area (Å²) >= 11 is 1.26. The second-order valence-corrected chi connectivity index (χ2v) is 7.07. The second-order valence-electron chi connectivity index (χ2n) is 6.00. The van der Waals surface area contributed by atoms with Gasteiger partial charge in [0.05, 0.1) is 11.3 Å². The molecule has 2 aromatic carbocycles. The molecule has 29 heavy (non-hydrogen) atoms. The molecule has 0 aromatic heterocycles. The Morgan fingerprint density at radius 1 is 1.14 bits per heavy atom. The molecule has 3 rings (SSSR count). The van der Waals surface area contributed by atoms with Gasteiger partial charge in [-0.05, 0) is 48.9 Å². The number of hydrogen-bond acceptors (Lipinski definition) is 4. The van der Waals surface area contributed by atoms with Crippen LogP contribution in [0.3, 0.4) is 0 Å². The van der Waals surface area contributed by atoms with Gasteiger partial charge in [0.1, 0.15) is 5.75 Å². The zero-order valence-corrected chi connectivity index (χ0v) is 15.6. The molecule has 1 aliphatic rings. The molecule has 0 saturated carbocycles. The standard InChI is InChI=1S/C19H15F5N2O2S/c20-17(21)28-15-7-5-12(6-8-15)16(27)26-9-2-10-29-18(26)25-14-4-1-3-13(11-14)19(22,23)24/h1,3-8,11,17H,2,9-10H2. The number of nitrogens with zero attached hydrogens (tertiary/aromatic N) is 2. The van der Waals surface area contributed by atoms with E-state index in [2.05, 4.69) is 9.73 Å². The molecule has 1 heterocycles.